The van der Waals surface area contributed by atoms with Crippen LogP contribution in [-0.2, 0) is 18.0 Å². The molecular weight excluding hydrogens is 276 g/mol. The molecule has 0 fully saturated rings. The molecule has 2 rings (SSSR count). The molecule has 0 atom stereocenters. The van der Waals surface area contributed by atoms with Gasteiger partial charge in [0.1, 0.15) is 5.75 Å². The van der Waals surface area contributed by atoms with Gasteiger partial charge in [0.15, 0.2) is 0 Å². The van der Waals surface area contributed by atoms with Crippen LogP contribution in [0.4, 0.5) is 0 Å². The predicted octanol–water partition coefficient (Wildman–Crippen LogP) is 2.08. The summed E-state index contributed by atoms with van der Waals surface area (Å²) in [5.41, 5.74) is 3.18. The molecule has 106 valence electrons. The van der Waals surface area contributed by atoms with Gasteiger partial charge in [-0.05, 0) is 29.8 Å². The highest BCUT2D eigenvalue weighted by molar-refractivity contribution is 7.14. The highest BCUT2D eigenvalue weighted by Gasteiger charge is 2.07. The lowest BCUT2D eigenvalue weighted by Crippen LogP contribution is -2.29. The standard InChI is InChI=1S/C14H16N2O3S/c1-18-11-4-2-10(3-5-11)8-19-9-12-6-7-13(20-12)14(17)16-15/h2-7H,8-9,15H2,1H3,(H,16,17). The van der Waals surface area contributed by atoms with Crippen molar-refractivity contribution in [1.29, 1.82) is 0 Å². The van der Waals surface area contributed by atoms with E-state index >= 15 is 0 Å². The number of carbonyl (C=O) groups excluding carboxylic acids is 1. The Morgan fingerprint density at radius 2 is 1.95 bits per heavy atom. The average molecular weight is 292 g/mol. The van der Waals surface area contributed by atoms with Crippen LogP contribution in [0.3, 0.4) is 0 Å². The summed E-state index contributed by atoms with van der Waals surface area (Å²) >= 11 is 1.37. The summed E-state index contributed by atoms with van der Waals surface area (Å²) in [5.74, 6) is 5.62. The third-order valence-corrected chi connectivity index (χ3v) is 3.75. The van der Waals surface area contributed by atoms with Gasteiger partial charge in [0.25, 0.3) is 5.91 Å². The first-order valence-electron chi connectivity index (χ1n) is 6.03. The first-order chi connectivity index (χ1) is 9.72. The number of nitrogens with two attached hydrogens (primary N) is 1. The lowest BCUT2D eigenvalue weighted by Gasteiger charge is -2.04. The van der Waals surface area contributed by atoms with Gasteiger partial charge in [0, 0.05) is 4.88 Å². The number of nitrogen functional groups attached to an aromatic ring is 1. The van der Waals surface area contributed by atoms with Crippen LogP contribution in [0, 0.1) is 0 Å². The van der Waals surface area contributed by atoms with Crippen molar-refractivity contribution in [3.05, 3.63) is 51.7 Å². The minimum Gasteiger partial charge on any atom is -0.497 e. The van der Waals surface area contributed by atoms with E-state index in [1.54, 1.807) is 13.2 Å². The number of carbonyl (C=O) groups is 1. The van der Waals surface area contributed by atoms with Crippen LogP contribution in [0.25, 0.3) is 0 Å². The van der Waals surface area contributed by atoms with Crippen molar-refractivity contribution in [2.75, 3.05) is 7.11 Å². The predicted molar refractivity (Wildman–Crippen MR) is 77.5 cm³/mol. The molecule has 0 unspecified atom stereocenters. The Kier molecular flexibility index (Phi) is 5.11. The molecule has 0 saturated heterocycles. The van der Waals surface area contributed by atoms with Crippen molar-refractivity contribution in [1.82, 2.24) is 5.43 Å². The number of thiophene rings is 1. The zero-order valence-corrected chi connectivity index (χ0v) is 11.9. The maximum absolute atomic E-state index is 11.3. The van der Waals surface area contributed by atoms with Crippen molar-refractivity contribution < 1.29 is 14.3 Å². The molecule has 0 saturated carbocycles. The molecule has 1 heterocycles. The molecule has 1 amide bonds. The fourth-order valence-electron chi connectivity index (χ4n) is 1.64. The monoisotopic (exact) mass is 292 g/mol. The molecule has 6 heteroatoms. The van der Waals surface area contributed by atoms with Crippen LogP contribution in [0.5, 0.6) is 5.75 Å². The van der Waals surface area contributed by atoms with E-state index < -0.39 is 0 Å². The summed E-state index contributed by atoms with van der Waals surface area (Å²) in [6.07, 6.45) is 0. The lowest BCUT2D eigenvalue weighted by molar-refractivity contribution is 0.0957. The molecule has 0 bridgehead atoms. The minimum absolute atomic E-state index is 0.281. The van der Waals surface area contributed by atoms with Crippen LogP contribution in [0.1, 0.15) is 20.1 Å². The maximum Gasteiger partial charge on any atom is 0.275 e. The highest BCUT2D eigenvalue weighted by atomic mass is 32.1. The molecule has 0 spiro atoms. The van der Waals surface area contributed by atoms with Crippen molar-refractivity contribution in [2.24, 2.45) is 5.84 Å². The highest BCUT2D eigenvalue weighted by Crippen LogP contribution is 2.18. The molecule has 1 aromatic carbocycles. The molecule has 0 radical (unpaired) electrons. The Hall–Kier alpha value is -1.89. The fourth-order valence-corrected chi connectivity index (χ4v) is 2.49. The molecular formula is C14H16N2O3S. The van der Waals surface area contributed by atoms with Crippen LogP contribution in [-0.4, -0.2) is 13.0 Å². The van der Waals surface area contributed by atoms with E-state index in [4.69, 9.17) is 15.3 Å². The average Bonchev–Trinajstić information content (AvgIpc) is 2.96. The van der Waals surface area contributed by atoms with Crippen molar-refractivity contribution in [3.63, 3.8) is 0 Å². The molecule has 20 heavy (non-hydrogen) atoms. The van der Waals surface area contributed by atoms with E-state index in [9.17, 15) is 4.79 Å². The quantitative estimate of drug-likeness (QED) is 0.485. The number of hydrogen-bond donors (Lipinski definition) is 2. The van der Waals surface area contributed by atoms with Crippen molar-refractivity contribution >= 4 is 17.2 Å². The van der Waals surface area contributed by atoms with E-state index in [0.29, 0.717) is 18.1 Å². The van der Waals surface area contributed by atoms with Crippen molar-refractivity contribution in [2.45, 2.75) is 13.2 Å². The lowest BCUT2D eigenvalue weighted by atomic mass is 10.2. The second-order valence-electron chi connectivity index (χ2n) is 4.08. The van der Waals surface area contributed by atoms with Gasteiger partial charge < -0.3 is 9.47 Å². The van der Waals surface area contributed by atoms with Gasteiger partial charge in [-0.3, -0.25) is 10.2 Å². The Morgan fingerprint density at radius 1 is 1.20 bits per heavy atom. The Morgan fingerprint density at radius 3 is 2.60 bits per heavy atom. The van der Waals surface area contributed by atoms with Crippen molar-refractivity contribution in [3.8, 4) is 5.75 Å². The summed E-state index contributed by atoms with van der Waals surface area (Å²) < 4.78 is 10.7. The molecule has 2 aromatic rings. The zero-order valence-electron chi connectivity index (χ0n) is 11.1. The smallest absolute Gasteiger partial charge is 0.275 e. The van der Waals surface area contributed by atoms with Crippen LogP contribution >= 0.6 is 11.3 Å². The van der Waals surface area contributed by atoms with Gasteiger partial charge in [-0.2, -0.15) is 0 Å². The fraction of sp³-hybridized carbons (Fsp3) is 0.214. The molecule has 1 aromatic heterocycles. The molecule has 3 N–H and O–H groups in total. The van der Waals surface area contributed by atoms with Gasteiger partial charge in [-0.1, -0.05) is 12.1 Å². The third-order valence-electron chi connectivity index (χ3n) is 2.69. The molecule has 0 aliphatic carbocycles. The Labute approximate surface area is 121 Å². The summed E-state index contributed by atoms with van der Waals surface area (Å²) in [6, 6.07) is 11.3. The van der Waals surface area contributed by atoms with Crippen LogP contribution < -0.4 is 16.0 Å². The topological polar surface area (TPSA) is 73.6 Å². The van der Waals surface area contributed by atoms with E-state index in [1.165, 1.54) is 11.3 Å². The first-order valence-corrected chi connectivity index (χ1v) is 6.85. The molecule has 0 aliphatic rings. The second-order valence-corrected chi connectivity index (χ2v) is 5.25. The van der Waals surface area contributed by atoms with Gasteiger partial charge in [-0.25, -0.2) is 5.84 Å². The van der Waals surface area contributed by atoms with Crippen LogP contribution in [0.2, 0.25) is 0 Å². The molecule has 0 aliphatic heterocycles. The number of rotatable bonds is 6. The first kappa shape index (κ1) is 14.5. The number of ether oxygens (including phenoxy) is 2. The molecule has 5 nitrogen and oxygen atoms in total. The Bertz CT molecular complexity index is 566. The number of amides is 1. The number of hydrogen-bond acceptors (Lipinski definition) is 5. The van der Waals surface area contributed by atoms with E-state index in [1.807, 2.05) is 30.3 Å². The van der Waals surface area contributed by atoms with E-state index in [2.05, 4.69) is 5.43 Å². The summed E-state index contributed by atoms with van der Waals surface area (Å²) in [7, 11) is 1.64. The van der Waals surface area contributed by atoms with Gasteiger partial charge in [0.2, 0.25) is 0 Å². The largest absolute Gasteiger partial charge is 0.497 e. The normalized spacial score (nSPS) is 10.3. The third kappa shape index (κ3) is 3.80. The number of nitrogens with one attached hydrogen (secondary N) is 1. The summed E-state index contributed by atoms with van der Waals surface area (Å²) in [4.78, 5) is 12.9. The minimum atomic E-state index is -0.281. The van der Waals surface area contributed by atoms with E-state index in [-0.39, 0.29) is 5.91 Å². The second kappa shape index (κ2) is 7.04. The van der Waals surface area contributed by atoms with Crippen LogP contribution in [0.15, 0.2) is 36.4 Å². The number of benzene rings is 1. The van der Waals surface area contributed by atoms with Gasteiger partial charge >= 0.3 is 0 Å². The SMILES string of the molecule is COc1ccc(COCc2ccc(C(=O)NN)s2)cc1. The number of methoxy groups -OCH3 is 1. The zero-order chi connectivity index (χ0) is 14.4. The Balaban J connectivity index is 1.83. The van der Waals surface area contributed by atoms with E-state index in [0.717, 1.165) is 16.2 Å². The van der Waals surface area contributed by atoms with Gasteiger partial charge in [0.05, 0.1) is 25.2 Å². The summed E-state index contributed by atoms with van der Waals surface area (Å²) in [5, 5.41) is 0. The summed E-state index contributed by atoms with van der Waals surface area (Å²) in [6.45, 7) is 0.981. The maximum atomic E-state index is 11.3. The number of hydrazine groups is 1. The van der Waals surface area contributed by atoms with Gasteiger partial charge in [-0.15, -0.1) is 11.3 Å².